The predicted molar refractivity (Wildman–Crippen MR) is 56.8 cm³/mol. The van der Waals surface area contributed by atoms with Gasteiger partial charge in [-0.3, -0.25) is 4.18 Å². The highest BCUT2D eigenvalue weighted by molar-refractivity contribution is 7.85. The molecule has 0 saturated heterocycles. The molecule has 1 atom stereocenters. The Bertz CT molecular complexity index is 408. The van der Waals surface area contributed by atoms with Crippen LogP contribution >= 0.6 is 0 Å². The molecular weight excluding hydrogens is 216 g/mol. The first kappa shape index (κ1) is 12.2. The van der Waals surface area contributed by atoms with Crippen molar-refractivity contribution in [3.63, 3.8) is 0 Å². The molecule has 5 heteroatoms. The third-order valence-electron chi connectivity index (χ3n) is 1.95. The highest BCUT2D eigenvalue weighted by Crippen LogP contribution is 2.20. The van der Waals surface area contributed by atoms with E-state index in [4.69, 9.17) is 0 Å². The maximum Gasteiger partial charge on any atom is 0.264 e. The quantitative estimate of drug-likeness (QED) is 0.780. The van der Waals surface area contributed by atoms with E-state index in [0.717, 1.165) is 6.26 Å². The molecular formula is C10H14O4S. The monoisotopic (exact) mass is 230 g/mol. The summed E-state index contributed by atoms with van der Waals surface area (Å²) in [6.45, 7) is 1.23. The maximum absolute atomic E-state index is 10.8. The van der Waals surface area contributed by atoms with Crippen LogP contribution in [0.4, 0.5) is 0 Å². The largest absolute Gasteiger partial charge is 0.383 e. The lowest BCUT2D eigenvalue weighted by Crippen LogP contribution is -2.29. The number of hydrogen-bond donors (Lipinski definition) is 1. The minimum absolute atomic E-state index is 0.282. The van der Waals surface area contributed by atoms with Gasteiger partial charge in [-0.15, -0.1) is 0 Å². The molecule has 0 radical (unpaired) electrons. The van der Waals surface area contributed by atoms with Crippen LogP contribution in [0.3, 0.4) is 0 Å². The number of hydrogen-bond acceptors (Lipinski definition) is 4. The van der Waals surface area contributed by atoms with E-state index in [1.54, 1.807) is 24.3 Å². The predicted octanol–water partition coefficient (Wildman–Crippen LogP) is 0.870. The summed E-state index contributed by atoms with van der Waals surface area (Å²) in [7, 11) is -3.53. The van der Waals surface area contributed by atoms with Crippen LogP contribution in [-0.4, -0.2) is 26.4 Å². The summed E-state index contributed by atoms with van der Waals surface area (Å²) in [6, 6.07) is 8.78. The molecule has 0 aliphatic carbocycles. The molecule has 0 bridgehead atoms. The molecule has 0 aromatic heterocycles. The van der Waals surface area contributed by atoms with Crippen LogP contribution < -0.4 is 0 Å². The fraction of sp³-hybridized carbons (Fsp3) is 0.400. The van der Waals surface area contributed by atoms with Crippen molar-refractivity contribution in [1.82, 2.24) is 0 Å². The Kier molecular flexibility index (Phi) is 3.49. The SMILES string of the molecule is C[C@@](O)(COS(C)(=O)=O)c1ccccc1. The summed E-state index contributed by atoms with van der Waals surface area (Å²) in [5.74, 6) is 0. The van der Waals surface area contributed by atoms with Gasteiger partial charge in [0.05, 0.1) is 12.9 Å². The third kappa shape index (κ3) is 3.99. The molecule has 4 nitrogen and oxygen atoms in total. The van der Waals surface area contributed by atoms with Crippen LogP contribution in [0.2, 0.25) is 0 Å². The van der Waals surface area contributed by atoms with Gasteiger partial charge in [-0.1, -0.05) is 30.3 Å². The van der Waals surface area contributed by atoms with Crippen LogP contribution in [0.25, 0.3) is 0 Å². The fourth-order valence-corrected chi connectivity index (χ4v) is 1.55. The zero-order valence-corrected chi connectivity index (χ0v) is 9.49. The van der Waals surface area contributed by atoms with Gasteiger partial charge >= 0.3 is 0 Å². The average Bonchev–Trinajstić information content (AvgIpc) is 2.16. The van der Waals surface area contributed by atoms with Crippen LogP contribution in [0.15, 0.2) is 30.3 Å². The van der Waals surface area contributed by atoms with E-state index in [9.17, 15) is 13.5 Å². The molecule has 0 saturated carbocycles. The topological polar surface area (TPSA) is 63.6 Å². The minimum atomic E-state index is -3.53. The van der Waals surface area contributed by atoms with Crippen molar-refractivity contribution in [3.05, 3.63) is 35.9 Å². The second-order valence-corrected chi connectivity index (χ2v) is 5.25. The van der Waals surface area contributed by atoms with E-state index in [-0.39, 0.29) is 6.61 Å². The van der Waals surface area contributed by atoms with E-state index in [1.165, 1.54) is 6.92 Å². The van der Waals surface area contributed by atoms with E-state index in [1.807, 2.05) is 6.07 Å². The molecule has 1 aromatic rings. The lowest BCUT2D eigenvalue weighted by atomic mass is 9.97. The number of benzene rings is 1. The van der Waals surface area contributed by atoms with E-state index < -0.39 is 15.7 Å². The summed E-state index contributed by atoms with van der Waals surface area (Å²) < 4.78 is 26.1. The highest BCUT2D eigenvalue weighted by atomic mass is 32.2. The molecule has 1 rings (SSSR count). The average molecular weight is 230 g/mol. The van der Waals surface area contributed by atoms with Crippen molar-refractivity contribution in [2.75, 3.05) is 12.9 Å². The summed E-state index contributed by atoms with van der Waals surface area (Å²) in [5.41, 5.74) is -0.682. The first-order chi connectivity index (χ1) is 6.81. The van der Waals surface area contributed by atoms with Gasteiger partial charge in [-0.25, -0.2) is 0 Å². The Hall–Kier alpha value is -0.910. The van der Waals surface area contributed by atoms with Gasteiger partial charge in [0.15, 0.2) is 0 Å². The van der Waals surface area contributed by atoms with Crippen molar-refractivity contribution in [1.29, 1.82) is 0 Å². The second kappa shape index (κ2) is 4.30. The van der Waals surface area contributed by atoms with Gasteiger partial charge < -0.3 is 5.11 Å². The molecule has 0 aliphatic rings. The summed E-state index contributed by atoms with van der Waals surface area (Å²) in [5, 5.41) is 9.96. The lowest BCUT2D eigenvalue weighted by Gasteiger charge is -2.22. The fourth-order valence-electron chi connectivity index (χ4n) is 1.10. The Labute approximate surface area is 89.6 Å². The molecule has 84 valence electrons. The Morgan fingerprint density at radius 3 is 2.33 bits per heavy atom. The molecule has 0 aliphatic heterocycles. The van der Waals surface area contributed by atoms with E-state index in [0.29, 0.717) is 5.56 Å². The molecule has 1 N–H and O–H groups in total. The molecule has 0 spiro atoms. The third-order valence-corrected chi connectivity index (χ3v) is 2.50. The molecule has 0 fully saturated rings. The van der Waals surface area contributed by atoms with Crippen LogP contribution in [0, 0.1) is 0 Å². The van der Waals surface area contributed by atoms with Crippen LogP contribution in [0.5, 0.6) is 0 Å². The standard InChI is InChI=1S/C10H14O4S/c1-10(11,8-14-15(2,12)13)9-6-4-3-5-7-9/h3-7,11H,8H2,1-2H3/t10-/m1/s1. The first-order valence-electron chi connectivity index (χ1n) is 4.43. The zero-order valence-electron chi connectivity index (χ0n) is 8.67. The normalized spacial score (nSPS) is 15.9. The van der Waals surface area contributed by atoms with Gasteiger partial charge in [-0.2, -0.15) is 8.42 Å². The van der Waals surface area contributed by atoms with Crippen molar-refractivity contribution in [2.45, 2.75) is 12.5 Å². The first-order valence-corrected chi connectivity index (χ1v) is 6.25. The van der Waals surface area contributed by atoms with Crippen molar-refractivity contribution in [2.24, 2.45) is 0 Å². The highest BCUT2D eigenvalue weighted by Gasteiger charge is 2.24. The molecule has 0 unspecified atom stereocenters. The van der Waals surface area contributed by atoms with Gasteiger partial charge in [0, 0.05) is 0 Å². The van der Waals surface area contributed by atoms with Crippen molar-refractivity contribution >= 4 is 10.1 Å². The van der Waals surface area contributed by atoms with Gasteiger partial charge in [0.25, 0.3) is 10.1 Å². The molecule has 1 aromatic carbocycles. The smallest absolute Gasteiger partial charge is 0.264 e. The Balaban J connectivity index is 2.76. The van der Waals surface area contributed by atoms with Crippen molar-refractivity contribution in [3.8, 4) is 0 Å². The lowest BCUT2D eigenvalue weighted by molar-refractivity contribution is 0.0101. The van der Waals surface area contributed by atoms with E-state index in [2.05, 4.69) is 4.18 Å². The molecule has 0 heterocycles. The minimum Gasteiger partial charge on any atom is -0.383 e. The molecule has 0 amide bonds. The van der Waals surface area contributed by atoms with Gasteiger partial charge in [-0.05, 0) is 12.5 Å². The zero-order chi connectivity index (χ0) is 11.5. The van der Waals surface area contributed by atoms with Crippen molar-refractivity contribution < 1.29 is 17.7 Å². The van der Waals surface area contributed by atoms with Crippen LogP contribution in [-0.2, 0) is 19.9 Å². The Morgan fingerprint density at radius 2 is 1.87 bits per heavy atom. The maximum atomic E-state index is 10.8. The number of aliphatic hydroxyl groups is 1. The summed E-state index contributed by atoms with van der Waals surface area (Å²) in [6.07, 6.45) is 0.952. The summed E-state index contributed by atoms with van der Waals surface area (Å²) >= 11 is 0. The van der Waals surface area contributed by atoms with Gasteiger partial charge in [0.2, 0.25) is 0 Å². The Morgan fingerprint density at radius 1 is 1.33 bits per heavy atom. The second-order valence-electron chi connectivity index (χ2n) is 3.61. The number of rotatable bonds is 4. The molecule has 15 heavy (non-hydrogen) atoms. The van der Waals surface area contributed by atoms with Gasteiger partial charge in [0.1, 0.15) is 5.60 Å². The summed E-state index contributed by atoms with van der Waals surface area (Å²) in [4.78, 5) is 0. The van der Waals surface area contributed by atoms with Crippen LogP contribution in [0.1, 0.15) is 12.5 Å². The van der Waals surface area contributed by atoms with E-state index >= 15 is 0 Å².